The first kappa shape index (κ1) is 18.0. The molecular weight excluding hydrogens is 345 g/mol. The first-order valence-electron chi connectivity index (χ1n) is 8.14. The van der Waals surface area contributed by atoms with Gasteiger partial charge in [0.15, 0.2) is 0 Å². The van der Waals surface area contributed by atoms with Crippen LogP contribution in [0.1, 0.15) is 32.9 Å². The van der Waals surface area contributed by atoms with Gasteiger partial charge in [0.1, 0.15) is 11.6 Å². The molecule has 0 saturated carbocycles. The maximum atomic E-state index is 13.9. The largest absolute Gasteiger partial charge is 0.303 e. The van der Waals surface area contributed by atoms with Crippen LogP contribution in [0.15, 0.2) is 53.8 Å². The fraction of sp³-hybridized carbons (Fsp3) is 0.100. The normalized spacial score (nSPS) is 10.7. The van der Waals surface area contributed by atoms with Gasteiger partial charge in [-0.05, 0) is 50.2 Å². The summed E-state index contributed by atoms with van der Waals surface area (Å²) in [5.74, 6) is -0.669. The number of rotatable bonds is 4. The van der Waals surface area contributed by atoms with Crippen LogP contribution < -0.4 is 5.43 Å². The van der Waals surface area contributed by atoms with E-state index in [1.165, 1.54) is 18.3 Å². The van der Waals surface area contributed by atoms with Gasteiger partial charge in [-0.1, -0.05) is 6.07 Å². The minimum absolute atomic E-state index is 0.148. The molecular formula is C20H16FN5O. The molecule has 0 bridgehead atoms. The molecule has 2 heterocycles. The molecule has 6 nitrogen and oxygen atoms in total. The van der Waals surface area contributed by atoms with Crippen molar-refractivity contribution in [2.24, 2.45) is 5.10 Å². The summed E-state index contributed by atoms with van der Waals surface area (Å²) < 4.78 is 15.8. The average Bonchev–Trinajstić information content (AvgIpc) is 2.95. The summed E-state index contributed by atoms with van der Waals surface area (Å²) in [6, 6.07) is 13.0. The molecule has 0 unspecified atom stereocenters. The second-order valence-corrected chi connectivity index (χ2v) is 5.86. The zero-order chi connectivity index (χ0) is 19.4. The molecule has 0 radical (unpaired) electrons. The second kappa shape index (κ2) is 7.62. The lowest BCUT2D eigenvalue weighted by atomic mass is 10.1. The van der Waals surface area contributed by atoms with E-state index in [9.17, 15) is 9.18 Å². The van der Waals surface area contributed by atoms with Crippen molar-refractivity contribution in [3.8, 4) is 11.9 Å². The number of pyridine rings is 1. The molecule has 2 aromatic heterocycles. The predicted octanol–water partition coefficient (Wildman–Crippen LogP) is 3.26. The molecule has 3 rings (SSSR count). The number of nitrogens with zero attached hydrogens (tertiary/aromatic N) is 4. The van der Waals surface area contributed by atoms with E-state index in [2.05, 4.69) is 15.5 Å². The van der Waals surface area contributed by atoms with Crippen molar-refractivity contribution < 1.29 is 9.18 Å². The van der Waals surface area contributed by atoms with Gasteiger partial charge in [0, 0.05) is 23.1 Å². The van der Waals surface area contributed by atoms with Crippen LogP contribution in [0.5, 0.6) is 0 Å². The van der Waals surface area contributed by atoms with Gasteiger partial charge < -0.3 is 4.57 Å². The highest BCUT2D eigenvalue weighted by molar-refractivity contribution is 5.95. The van der Waals surface area contributed by atoms with Gasteiger partial charge in [-0.25, -0.2) is 14.8 Å². The Hall–Kier alpha value is -3.79. The van der Waals surface area contributed by atoms with E-state index in [0.717, 1.165) is 28.8 Å². The summed E-state index contributed by atoms with van der Waals surface area (Å²) in [5, 5.41) is 12.7. The molecule has 0 atom stereocenters. The summed E-state index contributed by atoms with van der Waals surface area (Å²) in [6.07, 6.45) is 3.22. The maximum absolute atomic E-state index is 13.9. The number of nitrogens with one attached hydrogen (secondary N) is 1. The van der Waals surface area contributed by atoms with Crippen LogP contribution in [0.25, 0.3) is 5.82 Å². The van der Waals surface area contributed by atoms with Gasteiger partial charge >= 0.3 is 0 Å². The van der Waals surface area contributed by atoms with Gasteiger partial charge in [0.25, 0.3) is 5.91 Å². The van der Waals surface area contributed by atoms with Crippen LogP contribution in [0.2, 0.25) is 0 Å². The van der Waals surface area contributed by atoms with Gasteiger partial charge in [0.2, 0.25) is 0 Å². The lowest BCUT2D eigenvalue weighted by Crippen LogP contribution is -2.19. The smallest absolute Gasteiger partial charge is 0.274 e. The Morgan fingerprint density at radius 2 is 2.11 bits per heavy atom. The number of amides is 1. The van der Waals surface area contributed by atoms with Gasteiger partial charge in [0.05, 0.1) is 23.4 Å². The number of carbonyl (C=O) groups excluding carboxylic acids is 1. The Labute approximate surface area is 155 Å². The van der Waals surface area contributed by atoms with Crippen molar-refractivity contribution in [2.75, 3.05) is 0 Å². The standard InChI is InChI=1S/C20H16FN5O/c1-13-9-16(14(2)26(13)19-5-3-4-8-23-19)12-24-25-20(27)17-7-6-15(11-22)10-18(17)21/h3-10,12H,1-2H3,(H,25,27)/b24-12-. The molecule has 1 aromatic carbocycles. The number of benzene rings is 1. The molecule has 3 aromatic rings. The minimum atomic E-state index is -0.768. The van der Waals surface area contributed by atoms with Crippen molar-refractivity contribution >= 4 is 12.1 Å². The van der Waals surface area contributed by atoms with Crippen LogP contribution in [0.4, 0.5) is 4.39 Å². The fourth-order valence-electron chi connectivity index (χ4n) is 2.75. The molecule has 1 N–H and O–H groups in total. The zero-order valence-electron chi connectivity index (χ0n) is 14.8. The molecule has 134 valence electrons. The van der Waals surface area contributed by atoms with Crippen molar-refractivity contribution in [3.05, 3.63) is 82.6 Å². The van der Waals surface area contributed by atoms with Crippen LogP contribution in [0, 0.1) is 31.0 Å². The summed E-state index contributed by atoms with van der Waals surface area (Å²) in [5.41, 5.74) is 4.96. The van der Waals surface area contributed by atoms with Crippen molar-refractivity contribution in [1.29, 1.82) is 5.26 Å². The van der Waals surface area contributed by atoms with E-state index in [4.69, 9.17) is 5.26 Å². The molecule has 7 heteroatoms. The van der Waals surface area contributed by atoms with E-state index in [0.29, 0.717) is 0 Å². The van der Waals surface area contributed by atoms with E-state index < -0.39 is 11.7 Å². The number of carbonyl (C=O) groups is 1. The zero-order valence-corrected chi connectivity index (χ0v) is 14.8. The van der Waals surface area contributed by atoms with E-state index in [1.54, 1.807) is 6.20 Å². The summed E-state index contributed by atoms with van der Waals surface area (Å²) in [4.78, 5) is 16.4. The SMILES string of the molecule is Cc1cc(/C=N\NC(=O)c2ccc(C#N)cc2F)c(C)n1-c1ccccn1. The Bertz CT molecular complexity index is 1060. The number of hydrogen-bond donors (Lipinski definition) is 1. The molecule has 0 spiro atoms. The van der Waals surface area contributed by atoms with Gasteiger partial charge in [-0.3, -0.25) is 4.79 Å². The first-order valence-corrected chi connectivity index (χ1v) is 8.14. The van der Waals surface area contributed by atoms with Crippen LogP contribution in [-0.2, 0) is 0 Å². The predicted molar refractivity (Wildman–Crippen MR) is 99.2 cm³/mol. The lowest BCUT2D eigenvalue weighted by molar-refractivity contribution is 0.0951. The molecule has 27 heavy (non-hydrogen) atoms. The highest BCUT2D eigenvalue weighted by Gasteiger charge is 2.12. The van der Waals surface area contributed by atoms with E-state index in [1.807, 2.05) is 48.7 Å². The maximum Gasteiger partial charge on any atom is 0.274 e. The number of aryl methyl sites for hydroxylation is 1. The van der Waals surface area contributed by atoms with Gasteiger partial charge in [-0.2, -0.15) is 10.4 Å². The summed E-state index contributed by atoms with van der Waals surface area (Å²) in [6.45, 7) is 3.87. The molecule has 0 aliphatic carbocycles. The number of nitriles is 1. The van der Waals surface area contributed by atoms with Crippen LogP contribution in [-0.4, -0.2) is 21.7 Å². The molecule has 1 amide bonds. The number of aromatic nitrogens is 2. The Morgan fingerprint density at radius 3 is 2.78 bits per heavy atom. The van der Waals surface area contributed by atoms with Crippen molar-refractivity contribution in [3.63, 3.8) is 0 Å². The van der Waals surface area contributed by atoms with Crippen LogP contribution in [0.3, 0.4) is 0 Å². The van der Waals surface area contributed by atoms with Gasteiger partial charge in [-0.15, -0.1) is 0 Å². The third-order valence-electron chi connectivity index (χ3n) is 4.06. The third kappa shape index (κ3) is 3.75. The molecule has 0 aliphatic heterocycles. The third-order valence-corrected chi connectivity index (χ3v) is 4.06. The van der Waals surface area contributed by atoms with E-state index in [-0.39, 0.29) is 11.1 Å². The minimum Gasteiger partial charge on any atom is -0.303 e. The number of halogens is 1. The lowest BCUT2D eigenvalue weighted by Gasteiger charge is -2.07. The summed E-state index contributed by atoms with van der Waals surface area (Å²) >= 11 is 0. The highest BCUT2D eigenvalue weighted by Crippen LogP contribution is 2.18. The number of hydrazone groups is 1. The molecule has 0 fully saturated rings. The Kier molecular flexibility index (Phi) is 5.08. The topological polar surface area (TPSA) is 83.1 Å². The quantitative estimate of drug-likeness (QED) is 0.572. The Balaban J connectivity index is 1.78. The highest BCUT2D eigenvalue weighted by atomic mass is 19.1. The first-order chi connectivity index (χ1) is 13.0. The molecule has 0 saturated heterocycles. The van der Waals surface area contributed by atoms with Crippen molar-refractivity contribution in [2.45, 2.75) is 13.8 Å². The summed E-state index contributed by atoms with van der Waals surface area (Å²) in [7, 11) is 0. The van der Waals surface area contributed by atoms with Crippen LogP contribution >= 0.6 is 0 Å². The number of hydrogen-bond acceptors (Lipinski definition) is 4. The van der Waals surface area contributed by atoms with E-state index >= 15 is 0 Å². The molecule has 0 aliphatic rings. The average molecular weight is 361 g/mol. The second-order valence-electron chi connectivity index (χ2n) is 5.86. The fourth-order valence-corrected chi connectivity index (χ4v) is 2.75. The van der Waals surface area contributed by atoms with Crippen molar-refractivity contribution in [1.82, 2.24) is 15.0 Å². The monoisotopic (exact) mass is 361 g/mol. The Morgan fingerprint density at radius 1 is 1.30 bits per heavy atom.